The van der Waals surface area contributed by atoms with Crippen molar-refractivity contribution in [2.75, 3.05) is 18.4 Å². The smallest absolute Gasteiger partial charge is 0.242 e. The van der Waals surface area contributed by atoms with Gasteiger partial charge in [-0.1, -0.05) is 19.1 Å². The van der Waals surface area contributed by atoms with E-state index in [1.807, 2.05) is 6.92 Å². The molecule has 1 heterocycles. The number of nitrogens with one attached hydrogen (secondary N) is 3. The highest BCUT2D eigenvalue weighted by Crippen LogP contribution is 2.22. The van der Waals surface area contributed by atoms with E-state index in [2.05, 4.69) is 15.4 Å². The maximum absolute atomic E-state index is 12.3. The van der Waals surface area contributed by atoms with Crippen LogP contribution in [0.25, 0.3) is 0 Å². The van der Waals surface area contributed by atoms with Crippen LogP contribution in [-0.4, -0.2) is 33.5 Å². The Morgan fingerprint density at radius 1 is 1.33 bits per heavy atom. The Balaban J connectivity index is 2.15. The van der Waals surface area contributed by atoms with Gasteiger partial charge in [0.1, 0.15) is 4.90 Å². The number of sulfonamides is 1. The lowest BCUT2D eigenvalue weighted by Crippen LogP contribution is -2.42. The summed E-state index contributed by atoms with van der Waals surface area (Å²) in [4.78, 5) is 11.4. The highest BCUT2D eigenvalue weighted by molar-refractivity contribution is 7.89. The lowest BCUT2D eigenvalue weighted by Gasteiger charge is -2.25. The number of benzene rings is 1. The summed E-state index contributed by atoms with van der Waals surface area (Å²) in [7, 11) is -3.51. The van der Waals surface area contributed by atoms with Crippen molar-refractivity contribution in [1.82, 2.24) is 10.0 Å². The van der Waals surface area contributed by atoms with Gasteiger partial charge >= 0.3 is 0 Å². The summed E-state index contributed by atoms with van der Waals surface area (Å²) in [6.45, 7) is 2.84. The van der Waals surface area contributed by atoms with E-state index in [0.29, 0.717) is 31.6 Å². The summed E-state index contributed by atoms with van der Waals surface area (Å²) in [6.07, 6.45) is 1.90. The fourth-order valence-corrected chi connectivity index (χ4v) is 3.51. The Labute approximate surface area is 125 Å². The van der Waals surface area contributed by atoms with Crippen LogP contribution in [0.5, 0.6) is 0 Å². The average Bonchev–Trinajstić information content (AvgIpc) is 2.48. The van der Waals surface area contributed by atoms with E-state index in [1.54, 1.807) is 24.3 Å². The van der Waals surface area contributed by atoms with Gasteiger partial charge in [0.05, 0.1) is 5.69 Å². The van der Waals surface area contributed by atoms with Crippen molar-refractivity contribution in [2.24, 2.45) is 0 Å². The molecular weight excluding hydrogens is 290 g/mol. The first kappa shape index (κ1) is 15.8. The number of amides is 1. The number of anilines is 1. The van der Waals surface area contributed by atoms with Crippen LogP contribution in [-0.2, 0) is 14.8 Å². The maximum Gasteiger partial charge on any atom is 0.242 e. The summed E-state index contributed by atoms with van der Waals surface area (Å²) in [6, 6.07) is 6.88. The molecule has 1 atom stereocenters. The van der Waals surface area contributed by atoms with Crippen molar-refractivity contribution >= 4 is 21.6 Å². The van der Waals surface area contributed by atoms with Crippen LogP contribution >= 0.6 is 0 Å². The third-order valence-corrected chi connectivity index (χ3v) is 4.86. The molecule has 1 unspecified atom stereocenters. The first-order valence-corrected chi connectivity index (χ1v) is 8.63. The standard InChI is InChI=1S/C14H21N3O3S/c1-2-9-16-21(19,20)13-6-4-3-5-12(13)17-11-7-8-14(18)15-10-11/h3-6,11,16-17H,2,7-10H2,1H3,(H,15,18). The molecule has 6 nitrogen and oxygen atoms in total. The van der Waals surface area contributed by atoms with Gasteiger partial charge < -0.3 is 10.6 Å². The number of carbonyl (C=O) groups is 1. The van der Waals surface area contributed by atoms with Gasteiger partial charge in [-0.15, -0.1) is 0 Å². The molecule has 21 heavy (non-hydrogen) atoms. The van der Waals surface area contributed by atoms with E-state index in [9.17, 15) is 13.2 Å². The van der Waals surface area contributed by atoms with E-state index < -0.39 is 10.0 Å². The van der Waals surface area contributed by atoms with E-state index in [1.165, 1.54) is 0 Å². The number of rotatable bonds is 6. The van der Waals surface area contributed by atoms with Gasteiger partial charge in [-0.2, -0.15) is 0 Å². The third-order valence-electron chi connectivity index (χ3n) is 3.34. The monoisotopic (exact) mass is 311 g/mol. The van der Waals surface area contributed by atoms with Crippen LogP contribution in [0.4, 0.5) is 5.69 Å². The lowest BCUT2D eigenvalue weighted by atomic mass is 10.1. The summed E-state index contributed by atoms with van der Waals surface area (Å²) >= 11 is 0. The van der Waals surface area contributed by atoms with Crippen LogP contribution in [0, 0.1) is 0 Å². The third kappa shape index (κ3) is 4.18. The molecule has 7 heteroatoms. The van der Waals surface area contributed by atoms with Gasteiger partial charge in [-0.25, -0.2) is 13.1 Å². The molecule has 1 amide bonds. The molecule has 1 aromatic carbocycles. The number of para-hydroxylation sites is 1. The van der Waals surface area contributed by atoms with Crippen LogP contribution in [0.2, 0.25) is 0 Å². The average molecular weight is 311 g/mol. The summed E-state index contributed by atoms with van der Waals surface area (Å²) in [5.74, 6) is 0.0403. The van der Waals surface area contributed by atoms with Crippen molar-refractivity contribution in [2.45, 2.75) is 37.1 Å². The Morgan fingerprint density at radius 3 is 2.76 bits per heavy atom. The molecule has 1 aliphatic heterocycles. The minimum atomic E-state index is -3.51. The lowest BCUT2D eigenvalue weighted by molar-refractivity contribution is -0.122. The van der Waals surface area contributed by atoms with Gasteiger partial charge in [0.15, 0.2) is 0 Å². The van der Waals surface area contributed by atoms with Gasteiger partial charge in [0.2, 0.25) is 15.9 Å². The normalized spacial score (nSPS) is 19.1. The zero-order valence-corrected chi connectivity index (χ0v) is 12.9. The van der Waals surface area contributed by atoms with E-state index in [0.717, 1.165) is 6.42 Å². The molecule has 0 saturated carbocycles. The minimum Gasteiger partial charge on any atom is -0.379 e. The van der Waals surface area contributed by atoms with Gasteiger partial charge in [0, 0.05) is 25.6 Å². The van der Waals surface area contributed by atoms with Gasteiger partial charge in [0.25, 0.3) is 0 Å². The molecule has 116 valence electrons. The van der Waals surface area contributed by atoms with Crippen LogP contribution < -0.4 is 15.4 Å². The first-order valence-electron chi connectivity index (χ1n) is 7.15. The molecule has 0 spiro atoms. The maximum atomic E-state index is 12.3. The number of hydrogen-bond acceptors (Lipinski definition) is 4. The molecule has 2 rings (SSSR count). The number of hydrogen-bond donors (Lipinski definition) is 3. The molecule has 1 saturated heterocycles. The van der Waals surface area contributed by atoms with E-state index >= 15 is 0 Å². The molecule has 1 fully saturated rings. The zero-order chi connectivity index (χ0) is 15.3. The SMILES string of the molecule is CCCNS(=O)(=O)c1ccccc1NC1CCC(=O)NC1. The van der Waals surface area contributed by atoms with Gasteiger partial charge in [-0.05, 0) is 25.0 Å². The van der Waals surface area contributed by atoms with Crippen molar-refractivity contribution in [3.05, 3.63) is 24.3 Å². The largest absolute Gasteiger partial charge is 0.379 e. The highest BCUT2D eigenvalue weighted by Gasteiger charge is 2.22. The fraction of sp³-hybridized carbons (Fsp3) is 0.500. The van der Waals surface area contributed by atoms with Crippen LogP contribution in [0.1, 0.15) is 26.2 Å². The topological polar surface area (TPSA) is 87.3 Å². The zero-order valence-electron chi connectivity index (χ0n) is 12.1. The van der Waals surface area contributed by atoms with Crippen LogP contribution in [0.15, 0.2) is 29.2 Å². The minimum absolute atomic E-state index is 0.0403. The van der Waals surface area contributed by atoms with E-state index in [4.69, 9.17) is 0 Å². The number of carbonyl (C=O) groups excluding carboxylic acids is 1. The predicted molar refractivity (Wildman–Crippen MR) is 81.6 cm³/mol. The van der Waals surface area contributed by atoms with Crippen molar-refractivity contribution in [3.63, 3.8) is 0 Å². The molecule has 0 aliphatic carbocycles. The predicted octanol–water partition coefficient (Wildman–Crippen LogP) is 1.07. The summed E-state index contributed by atoms with van der Waals surface area (Å²) in [5.41, 5.74) is 0.572. The molecule has 1 aliphatic rings. The molecular formula is C14H21N3O3S. The molecule has 3 N–H and O–H groups in total. The Hall–Kier alpha value is -1.60. The fourth-order valence-electron chi connectivity index (χ4n) is 2.21. The second kappa shape index (κ2) is 6.91. The van der Waals surface area contributed by atoms with E-state index in [-0.39, 0.29) is 16.8 Å². The van der Waals surface area contributed by atoms with Crippen LogP contribution in [0.3, 0.4) is 0 Å². The Morgan fingerprint density at radius 2 is 2.10 bits per heavy atom. The van der Waals surface area contributed by atoms with Crippen molar-refractivity contribution in [1.29, 1.82) is 0 Å². The Bertz CT molecular complexity index is 591. The van der Waals surface area contributed by atoms with Crippen molar-refractivity contribution in [3.8, 4) is 0 Å². The number of piperidine rings is 1. The second-order valence-electron chi connectivity index (χ2n) is 5.08. The Kier molecular flexibility index (Phi) is 5.19. The highest BCUT2D eigenvalue weighted by atomic mass is 32.2. The molecule has 1 aromatic rings. The molecule has 0 bridgehead atoms. The second-order valence-corrected chi connectivity index (χ2v) is 6.81. The summed E-state index contributed by atoms with van der Waals surface area (Å²) in [5, 5.41) is 6.00. The molecule has 0 radical (unpaired) electrons. The molecule has 0 aromatic heterocycles. The van der Waals surface area contributed by atoms with Gasteiger partial charge in [-0.3, -0.25) is 4.79 Å². The quantitative estimate of drug-likeness (QED) is 0.733. The summed E-state index contributed by atoms with van der Waals surface area (Å²) < 4.78 is 27.1. The first-order chi connectivity index (χ1) is 10.0. The van der Waals surface area contributed by atoms with Crippen molar-refractivity contribution < 1.29 is 13.2 Å².